The highest BCUT2D eigenvalue weighted by molar-refractivity contribution is 6.76. The molecule has 2 rings (SSSR count). The van der Waals surface area contributed by atoms with Crippen molar-refractivity contribution in [2.24, 2.45) is 0 Å². The smallest absolute Gasteiger partial charge is 0.150 e. The minimum atomic E-state index is -1.14. The predicted octanol–water partition coefficient (Wildman–Crippen LogP) is 2.74. The molecule has 1 heterocycles. The molecule has 0 radical (unpaired) electrons. The number of fused-ring (bicyclic) bond motifs is 1. The molecule has 0 N–H and O–H groups in total. The number of carbonyl (C=O) groups excluding carboxylic acids is 1. The quantitative estimate of drug-likeness (QED) is 0.463. The van der Waals surface area contributed by atoms with Crippen LogP contribution < -0.4 is 0 Å². The molecule has 0 spiro atoms. The van der Waals surface area contributed by atoms with Gasteiger partial charge in [-0.1, -0.05) is 19.6 Å². The fourth-order valence-corrected chi connectivity index (χ4v) is 2.64. The number of benzene rings is 1. The number of rotatable bonds is 6. The minimum absolute atomic E-state index is 0.677. The molecule has 5 heteroatoms. The van der Waals surface area contributed by atoms with Crippen molar-refractivity contribution in [3.63, 3.8) is 0 Å². The molecule has 0 aliphatic rings. The van der Waals surface area contributed by atoms with Crippen LogP contribution in [-0.4, -0.2) is 37.0 Å². The fraction of sp³-hybridized carbons (Fsp3) is 0.429. The van der Waals surface area contributed by atoms with Crippen molar-refractivity contribution in [3.05, 3.63) is 30.0 Å². The monoisotopic (exact) mass is 276 g/mol. The first-order valence-electron chi connectivity index (χ1n) is 6.48. The van der Waals surface area contributed by atoms with E-state index in [1.807, 2.05) is 22.9 Å². The molecule has 1 aromatic carbocycles. The van der Waals surface area contributed by atoms with E-state index in [-0.39, 0.29) is 0 Å². The van der Waals surface area contributed by atoms with E-state index in [9.17, 15) is 4.79 Å². The fourth-order valence-electron chi connectivity index (χ4n) is 1.89. The number of hydrogen-bond donors (Lipinski definition) is 0. The summed E-state index contributed by atoms with van der Waals surface area (Å²) < 4.78 is 7.63. The van der Waals surface area contributed by atoms with Gasteiger partial charge in [-0.05, 0) is 18.2 Å². The molecule has 0 aliphatic heterocycles. The standard InChI is InChI=1S/C14H20N2O2Si/c1-19(2,3)11-18-7-6-16-14-5-4-12(10-17)8-13(14)9-15-16/h4-5,8-10H,6-7,11H2,1-3H3. The molecule has 0 saturated carbocycles. The van der Waals surface area contributed by atoms with E-state index in [1.165, 1.54) is 0 Å². The normalized spacial score (nSPS) is 11.9. The van der Waals surface area contributed by atoms with Crippen molar-refractivity contribution >= 4 is 25.3 Å². The number of carbonyl (C=O) groups is 1. The zero-order valence-corrected chi connectivity index (χ0v) is 12.7. The van der Waals surface area contributed by atoms with Gasteiger partial charge in [0.15, 0.2) is 0 Å². The Kier molecular flexibility index (Phi) is 4.16. The Morgan fingerprint density at radius 2 is 2.16 bits per heavy atom. The Morgan fingerprint density at radius 3 is 2.84 bits per heavy atom. The van der Waals surface area contributed by atoms with Crippen LogP contribution in [0.5, 0.6) is 0 Å². The van der Waals surface area contributed by atoms with Gasteiger partial charge in [0.05, 0.1) is 32.9 Å². The molecule has 0 unspecified atom stereocenters. The number of ether oxygens (including phenoxy) is 1. The van der Waals surface area contributed by atoms with E-state index in [1.54, 1.807) is 6.20 Å². The maximum absolute atomic E-state index is 10.7. The molecule has 19 heavy (non-hydrogen) atoms. The maximum Gasteiger partial charge on any atom is 0.150 e. The van der Waals surface area contributed by atoms with Crippen molar-refractivity contribution in [2.45, 2.75) is 26.2 Å². The lowest BCUT2D eigenvalue weighted by atomic mass is 10.2. The number of aromatic nitrogens is 2. The molecule has 0 fully saturated rings. The van der Waals surface area contributed by atoms with E-state index >= 15 is 0 Å². The first kappa shape index (κ1) is 14.0. The molecular weight excluding hydrogens is 256 g/mol. The van der Waals surface area contributed by atoms with Crippen LogP contribution in [-0.2, 0) is 11.3 Å². The molecule has 0 saturated heterocycles. The summed E-state index contributed by atoms with van der Waals surface area (Å²) in [6.07, 6.45) is 3.52. The highest BCUT2D eigenvalue weighted by atomic mass is 28.3. The largest absolute Gasteiger partial charge is 0.383 e. The van der Waals surface area contributed by atoms with Gasteiger partial charge < -0.3 is 4.74 Å². The van der Waals surface area contributed by atoms with E-state index in [0.717, 1.165) is 30.0 Å². The summed E-state index contributed by atoms with van der Waals surface area (Å²) in [5.41, 5.74) is 1.73. The molecule has 102 valence electrons. The van der Waals surface area contributed by atoms with Crippen LogP contribution >= 0.6 is 0 Å². The maximum atomic E-state index is 10.7. The van der Waals surface area contributed by atoms with Crippen LogP contribution in [0.25, 0.3) is 10.9 Å². The van der Waals surface area contributed by atoms with Gasteiger partial charge in [0, 0.05) is 17.2 Å². The van der Waals surface area contributed by atoms with E-state index in [0.29, 0.717) is 12.2 Å². The lowest BCUT2D eigenvalue weighted by molar-refractivity contribution is 0.112. The summed E-state index contributed by atoms with van der Waals surface area (Å²) in [6, 6.07) is 5.61. The highest BCUT2D eigenvalue weighted by Crippen LogP contribution is 2.15. The zero-order chi connectivity index (χ0) is 13.9. The number of hydrogen-bond acceptors (Lipinski definition) is 3. The molecule has 0 amide bonds. The van der Waals surface area contributed by atoms with Crippen molar-refractivity contribution < 1.29 is 9.53 Å². The molecule has 0 atom stereocenters. The molecular formula is C14H20N2O2Si. The SMILES string of the molecule is C[Si](C)(C)COCCn1ncc2cc(C=O)ccc21. The summed E-state index contributed by atoms with van der Waals surface area (Å²) in [6.45, 7) is 8.29. The lowest BCUT2D eigenvalue weighted by Gasteiger charge is -2.15. The van der Waals surface area contributed by atoms with Gasteiger partial charge in [-0.2, -0.15) is 5.10 Å². The van der Waals surface area contributed by atoms with Gasteiger partial charge in [-0.3, -0.25) is 9.48 Å². The number of aldehydes is 1. The lowest BCUT2D eigenvalue weighted by Crippen LogP contribution is -2.29. The van der Waals surface area contributed by atoms with Crippen LogP contribution in [0.3, 0.4) is 0 Å². The third-order valence-corrected chi connectivity index (χ3v) is 3.85. The summed E-state index contributed by atoms with van der Waals surface area (Å²) in [7, 11) is -1.14. The van der Waals surface area contributed by atoms with Gasteiger partial charge in [0.25, 0.3) is 0 Å². The molecule has 1 aromatic heterocycles. The van der Waals surface area contributed by atoms with E-state index < -0.39 is 8.07 Å². The van der Waals surface area contributed by atoms with Gasteiger partial charge in [-0.25, -0.2) is 0 Å². The van der Waals surface area contributed by atoms with Crippen molar-refractivity contribution in [2.75, 3.05) is 12.8 Å². The predicted molar refractivity (Wildman–Crippen MR) is 79.3 cm³/mol. The second-order valence-corrected chi connectivity index (χ2v) is 11.3. The van der Waals surface area contributed by atoms with Crippen molar-refractivity contribution in [1.29, 1.82) is 0 Å². The Hall–Kier alpha value is -1.46. The Bertz CT molecular complexity index is 572. The Morgan fingerprint density at radius 1 is 1.37 bits per heavy atom. The second-order valence-electron chi connectivity index (χ2n) is 5.92. The third-order valence-electron chi connectivity index (χ3n) is 2.78. The third kappa shape index (κ3) is 3.75. The van der Waals surface area contributed by atoms with Crippen LogP contribution in [0.2, 0.25) is 19.6 Å². The van der Waals surface area contributed by atoms with Crippen LogP contribution in [0.1, 0.15) is 10.4 Å². The van der Waals surface area contributed by atoms with Gasteiger partial charge in [-0.15, -0.1) is 0 Å². The average molecular weight is 276 g/mol. The second kappa shape index (κ2) is 5.67. The summed E-state index contributed by atoms with van der Waals surface area (Å²) in [4.78, 5) is 10.7. The van der Waals surface area contributed by atoms with Gasteiger partial charge >= 0.3 is 0 Å². The van der Waals surface area contributed by atoms with Crippen LogP contribution in [0, 0.1) is 0 Å². The summed E-state index contributed by atoms with van der Waals surface area (Å²) >= 11 is 0. The van der Waals surface area contributed by atoms with E-state index in [2.05, 4.69) is 24.7 Å². The van der Waals surface area contributed by atoms with Gasteiger partial charge in [0.1, 0.15) is 6.29 Å². The van der Waals surface area contributed by atoms with Gasteiger partial charge in [0.2, 0.25) is 0 Å². The first-order chi connectivity index (χ1) is 8.99. The molecule has 2 aromatic rings. The van der Waals surface area contributed by atoms with Crippen molar-refractivity contribution in [3.8, 4) is 0 Å². The van der Waals surface area contributed by atoms with Crippen LogP contribution in [0.4, 0.5) is 0 Å². The Labute approximate surface area is 114 Å². The summed E-state index contributed by atoms with van der Waals surface area (Å²) in [5.74, 6) is 0. The molecule has 4 nitrogen and oxygen atoms in total. The average Bonchev–Trinajstić information content (AvgIpc) is 2.75. The van der Waals surface area contributed by atoms with E-state index in [4.69, 9.17) is 4.74 Å². The molecule has 0 bridgehead atoms. The number of nitrogens with zero attached hydrogens (tertiary/aromatic N) is 2. The van der Waals surface area contributed by atoms with Crippen molar-refractivity contribution in [1.82, 2.24) is 9.78 Å². The molecule has 0 aliphatic carbocycles. The van der Waals surface area contributed by atoms with Crippen LogP contribution in [0.15, 0.2) is 24.4 Å². The minimum Gasteiger partial charge on any atom is -0.383 e. The highest BCUT2D eigenvalue weighted by Gasteiger charge is 2.12. The topological polar surface area (TPSA) is 44.1 Å². The first-order valence-corrected chi connectivity index (χ1v) is 10.2. The zero-order valence-electron chi connectivity index (χ0n) is 11.7. The summed E-state index contributed by atoms with van der Waals surface area (Å²) in [5, 5.41) is 5.33. The Balaban J connectivity index is 2.00.